The minimum Gasteiger partial charge on any atom is -0.451 e. The number of nitrogens with zero attached hydrogens (tertiary/aromatic N) is 3. The summed E-state index contributed by atoms with van der Waals surface area (Å²) in [6, 6.07) is 9.99. The fourth-order valence-electron chi connectivity index (χ4n) is 4.68. The number of anilines is 1. The number of aromatic amines is 1. The van der Waals surface area contributed by atoms with E-state index in [4.69, 9.17) is 10.5 Å². The molecule has 1 atom stereocenters. The highest BCUT2D eigenvalue weighted by atomic mass is 19.1. The number of carbonyl (C=O) groups excluding carboxylic acids is 1. The third-order valence-corrected chi connectivity index (χ3v) is 6.38. The highest BCUT2D eigenvalue weighted by Gasteiger charge is 2.28. The maximum absolute atomic E-state index is 14.0. The van der Waals surface area contributed by atoms with Crippen molar-refractivity contribution in [2.45, 2.75) is 18.8 Å². The first-order valence-electron chi connectivity index (χ1n) is 11.4. The van der Waals surface area contributed by atoms with Crippen LogP contribution in [0.2, 0.25) is 0 Å². The molecule has 3 N–H and O–H groups in total. The summed E-state index contributed by atoms with van der Waals surface area (Å²) in [5, 5.41) is 6.79. The van der Waals surface area contributed by atoms with E-state index in [1.807, 2.05) is 6.20 Å². The van der Waals surface area contributed by atoms with Crippen LogP contribution in [-0.4, -0.2) is 38.7 Å². The van der Waals surface area contributed by atoms with Crippen LogP contribution in [0.25, 0.3) is 16.6 Å². The molecule has 0 aliphatic carbocycles. The summed E-state index contributed by atoms with van der Waals surface area (Å²) < 4.78 is 35.1. The quantitative estimate of drug-likeness (QED) is 0.406. The van der Waals surface area contributed by atoms with Crippen LogP contribution in [0.5, 0.6) is 11.5 Å². The summed E-state index contributed by atoms with van der Waals surface area (Å²) in [5.74, 6) is -1.98. The monoisotopic (exact) mass is 491 g/mol. The topological polar surface area (TPSA) is 106 Å². The zero-order chi connectivity index (χ0) is 25.4. The van der Waals surface area contributed by atoms with Gasteiger partial charge in [0, 0.05) is 30.9 Å². The second-order valence-corrected chi connectivity index (χ2v) is 8.59. The minimum atomic E-state index is -0.811. The number of benzene rings is 2. The second-order valence-electron chi connectivity index (χ2n) is 8.59. The fraction of sp³-hybridized carbons (Fsp3) is 0.192. The van der Waals surface area contributed by atoms with Crippen LogP contribution in [0.15, 0.2) is 66.1 Å². The maximum atomic E-state index is 14.0. The molecule has 184 valence electrons. The van der Waals surface area contributed by atoms with Gasteiger partial charge in [-0.3, -0.25) is 9.59 Å². The van der Waals surface area contributed by atoms with Crippen molar-refractivity contribution in [1.82, 2.24) is 19.7 Å². The van der Waals surface area contributed by atoms with Gasteiger partial charge in [0.05, 0.1) is 5.39 Å². The molecule has 4 aromatic rings. The van der Waals surface area contributed by atoms with Gasteiger partial charge < -0.3 is 19.9 Å². The molecule has 5 rings (SSSR count). The predicted octanol–water partition coefficient (Wildman–Crippen LogP) is 4.26. The van der Waals surface area contributed by atoms with Crippen molar-refractivity contribution in [3.8, 4) is 17.2 Å². The molecule has 1 amide bonds. The fourth-order valence-corrected chi connectivity index (χ4v) is 4.68. The van der Waals surface area contributed by atoms with Crippen LogP contribution in [0.1, 0.15) is 24.3 Å². The number of nitrogen functional groups attached to an aromatic ring is 1. The molecule has 0 saturated carbocycles. The van der Waals surface area contributed by atoms with E-state index < -0.39 is 17.4 Å². The Morgan fingerprint density at radius 2 is 1.92 bits per heavy atom. The lowest BCUT2D eigenvalue weighted by molar-refractivity contribution is -0.127. The molecule has 0 radical (unpaired) electrons. The molecule has 2 aromatic heterocycles. The molecule has 8 nitrogen and oxygen atoms in total. The van der Waals surface area contributed by atoms with Gasteiger partial charge in [0.15, 0.2) is 23.2 Å². The molecule has 36 heavy (non-hydrogen) atoms. The van der Waals surface area contributed by atoms with Crippen LogP contribution in [0.4, 0.5) is 14.6 Å². The van der Waals surface area contributed by atoms with Crippen LogP contribution in [0, 0.1) is 11.6 Å². The largest absolute Gasteiger partial charge is 0.451 e. The number of ether oxygens (including phenoxy) is 1. The maximum Gasteiger partial charge on any atom is 0.274 e. The van der Waals surface area contributed by atoms with Crippen molar-refractivity contribution in [3.05, 3.63) is 88.9 Å². The van der Waals surface area contributed by atoms with E-state index in [1.54, 1.807) is 33.7 Å². The Labute approximate surface area is 204 Å². The average Bonchev–Trinajstić information content (AvgIpc) is 3.31. The van der Waals surface area contributed by atoms with E-state index in [1.165, 1.54) is 12.1 Å². The number of amides is 1. The van der Waals surface area contributed by atoms with Crippen LogP contribution < -0.4 is 16.0 Å². The Kier molecular flexibility index (Phi) is 6.01. The van der Waals surface area contributed by atoms with E-state index in [2.05, 4.69) is 16.8 Å². The van der Waals surface area contributed by atoms with Crippen molar-refractivity contribution < 1.29 is 18.3 Å². The molecule has 0 bridgehead atoms. The molecule has 10 heteroatoms. The van der Waals surface area contributed by atoms with E-state index in [0.29, 0.717) is 29.7 Å². The van der Waals surface area contributed by atoms with Gasteiger partial charge >= 0.3 is 0 Å². The zero-order valence-electron chi connectivity index (χ0n) is 19.2. The number of nitrogens with two attached hydrogens (primary N) is 1. The predicted molar refractivity (Wildman–Crippen MR) is 131 cm³/mol. The number of likely N-dealkylation sites (tertiary alicyclic amines) is 1. The summed E-state index contributed by atoms with van der Waals surface area (Å²) in [4.78, 5) is 26.8. The summed E-state index contributed by atoms with van der Waals surface area (Å²) in [6.45, 7) is 4.65. The van der Waals surface area contributed by atoms with Crippen LogP contribution in [0.3, 0.4) is 0 Å². The molecule has 2 aromatic carbocycles. The van der Waals surface area contributed by atoms with Crippen molar-refractivity contribution in [2.75, 3.05) is 18.8 Å². The van der Waals surface area contributed by atoms with Gasteiger partial charge in [-0.1, -0.05) is 12.6 Å². The number of halogens is 2. The standard InChI is InChI=1S/C26H23F2N5O3/c1-2-21(34)32-12-4-5-15(13-32)18-14-33(23-22(18)26(35)31-30-25(23)29)16-8-10-17(11-9-16)36-24-19(27)6-3-7-20(24)28/h2-3,6-11,14-15H,1,4-5,12-13H2,(H2,29,30)(H,31,35)/t15-/m1/s1. The van der Waals surface area contributed by atoms with E-state index >= 15 is 0 Å². The highest BCUT2D eigenvalue weighted by Crippen LogP contribution is 2.35. The Hall–Kier alpha value is -4.47. The number of hydrogen-bond acceptors (Lipinski definition) is 5. The number of rotatable bonds is 5. The number of aromatic nitrogens is 3. The Bertz CT molecular complexity index is 1510. The first kappa shape index (κ1) is 23.3. The van der Waals surface area contributed by atoms with E-state index in [-0.39, 0.29) is 29.0 Å². The zero-order valence-corrected chi connectivity index (χ0v) is 19.2. The van der Waals surface area contributed by atoms with Crippen LogP contribution in [-0.2, 0) is 4.79 Å². The SMILES string of the molecule is C=CC(=O)N1CCC[C@@H](c2cn(-c3ccc(Oc4c(F)cccc4F)cc3)c3c(N)n[nH]c(=O)c23)C1. The number of hydrogen-bond donors (Lipinski definition) is 2. The summed E-state index contributed by atoms with van der Waals surface area (Å²) >= 11 is 0. The van der Waals surface area contributed by atoms with Crippen LogP contribution >= 0.6 is 0 Å². The number of piperidine rings is 1. The third kappa shape index (κ3) is 4.10. The minimum absolute atomic E-state index is 0.0825. The highest BCUT2D eigenvalue weighted by molar-refractivity contribution is 5.92. The molecule has 3 heterocycles. The van der Waals surface area contributed by atoms with Crippen molar-refractivity contribution >= 4 is 22.6 Å². The molecule has 1 saturated heterocycles. The number of carbonyl (C=O) groups is 1. The Morgan fingerprint density at radius 3 is 2.61 bits per heavy atom. The third-order valence-electron chi connectivity index (χ3n) is 6.38. The molecule has 0 spiro atoms. The van der Waals surface area contributed by atoms with E-state index in [9.17, 15) is 18.4 Å². The molecule has 1 aliphatic rings. The lowest BCUT2D eigenvalue weighted by Gasteiger charge is -2.32. The molecule has 0 unspecified atom stereocenters. The molecular formula is C26H23F2N5O3. The second kappa shape index (κ2) is 9.29. The normalized spacial score (nSPS) is 15.7. The molecular weight excluding hydrogens is 468 g/mol. The molecule has 1 aliphatic heterocycles. The first-order valence-corrected chi connectivity index (χ1v) is 11.4. The molecule has 1 fully saturated rings. The summed E-state index contributed by atoms with van der Waals surface area (Å²) in [7, 11) is 0. The van der Waals surface area contributed by atoms with Gasteiger partial charge in [0.25, 0.3) is 5.56 Å². The number of nitrogens with one attached hydrogen (secondary N) is 1. The first-order chi connectivity index (χ1) is 17.4. The van der Waals surface area contributed by atoms with Gasteiger partial charge in [0.1, 0.15) is 11.3 Å². The number of para-hydroxylation sites is 1. The number of fused-ring (bicyclic) bond motifs is 1. The van der Waals surface area contributed by atoms with Crippen molar-refractivity contribution in [1.29, 1.82) is 0 Å². The van der Waals surface area contributed by atoms with Crippen molar-refractivity contribution in [2.24, 2.45) is 0 Å². The summed E-state index contributed by atoms with van der Waals surface area (Å²) in [5.41, 5.74) is 7.64. The Morgan fingerprint density at radius 1 is 1.19 bits per heavy atom. The van der Waals surface area contributed by atoms with Gasteiger partial charge in [0.2, 0.25) is 5.91 Å². The lowest BCUT2D eigenvalue weighted by Crippen LogP contribution is -2.38. The smallest absolute Gasteiger partial charge is 0.274 e. The van der Waals surface area contributed by atoms with Gasteiger partial charge in [-0.05, 0) is 60.9 Å². The summed E-state index contributed by atoms with van der Waals surface area (Å²) in [6.07, 6.45) is 4.70. The van der Waals surface area contributed by atoms with E-state index in [0.717, 1.165) is 30.5 Å². The van der Waals surface area contributed by atoms with Crippen molar-refractivity contribution in [3.63, 3.8) is 0 Å². The Balaban J connectivity index is 1.54. The van der Waals surface area contributed by atoms with Gasteiger partial charge in [-0.15, -0.1) is 0 Å². The van der Waals surface area contributed by atoms with Gasteiger partial charge in [-0.2, -0.15) is 5.10 Å². The lowest BCUT2D eigenvalue weighted by atomic mass is 9.90. The number of H-pyrrole nitrogens is 1. The average molecular weight is 491 g/mol. The van der Waals surface area contributed by atoms with Gasteiger partial charge in [-0.25, -0.2) is 13.9 Å².